The number of aromatic nitrogens is 1. The number of rotatable bonds is 7. The van der Waals surface area contributed by atoms with Crippen molar-refractivity contribution in [2.45, 2.75) is 26.1 Å². The molecule has 0 saturated carbocycles. The smallest absolute Gasteiger partial charge is 0.395 e. The quantitative estimate of drug-likeness (QED) is 0.808. The SMILES string of the molecule is CCNC(C)c1cccnc1N(CCO)CC(F)(F)F. The van der Waals surface area contributed by atoms with E-state index in [1.807, 2.05) is 13.8 Å². The number of hydrogen-bond acceptors (Lipinski definition) is 4. The molecule has 1 aromatic heterocycles. The van der Waals surface area contributed by atoms with Crippen LogP contribution in [0.2, 0.25) is 0 Å². The molecule has 1 unspecified atom stereocenters. The zero-order chi connectivity index (χ0) is 15.2. The van der Waals surface area contributed by atoms with Crippen molar-refractivity contribution in [1.29, 1.82) is 0 Å². The van der Waals surface area contributed by atoms with Gasteiger partial charge >= 0.3 is 6.18 Å². The van der Waals surface area contributed by atoms with Crippen LogP contribution in [0.15, 0.2) is 18.3 Å². The molecule has 0 saturated heterocycles. The molecule has 20 heavy (non-hydrogen) atoms. The van der Waals surface area contributed by atoms with Crippen LogP contribution in [-0.2, 0) is 0 Å². The Morgan fingerprint density at radius 1 is 1.45 bits per heavy atom. The van der Waals surface area contributed by atoms with Crippen molar-refractivity contribution in [1.82, 2.24) is 10.3 Å². The first-order valence-corrected chi connectivity index (χ1v) is 6.50. The average molecular weight is 291 g/mol. The molecule has 0 bridgehead atoms. The van der Waals surface area contributed by atoms with Gasteiger partial charge in [0.25, 0.3) is 0 Å². The second-order valence-electron chi connectivity index (χ2n) is 4.46. The van der Waals surface area contributed by atoms with Crippen molar-refractivity contribution in [3.8, 4) is 0 Å². The van der Waals surface area contributed by atoms with Gasteiger partial charge in [0.05, 0.1) is 6.61 Å². The Bertz CT molecular complexity index is 412. The van der Waals surface area contributed by atoms with E-state index >= 15 is 0 Å². The van der Waals surface area contributed by atoms with Gasteiger partial charge in [-0.05, 0) is 19.5 Å². The Balaban J connectivity index is 3.06. The van der Waals surface area contributed by atoms with Gasteiger partial charge in [-0.2, -0.15) is 13.2 Å². The summed E-state index contributed by atoms with van der Waals surface area (Å²) in [5.74, 6) is 0.257. The molecule has 0 radical (unpaired) electrons. The Morgan fingerprint density at radius 2 is 2.15 bits per heavy atom. The van der Waals surface area contributed by atoms with Crippen LogP contribution in [0, 0.1) is 0 Å². The number of aliphatic hydroxyl groups is 1. The molecule has 114 valence electrons. The highest BCUT2D eigenvalue weighted by Gasteiger charge is 2.32. The Kier molecular flexibility index (Phi) is 6.22. The maximum Gasteiger partial charge on any atom is 0.405 e. The zero-order valence-electron chi connectivity index (χ0n) is 11.6. The Hall–Kier alpha value is -1.34. The van der Waals surface area contributed by atoms with E-state index in [-0.39, 0.29) is 25.0 Å². The molecule has 0 aliphatic carbocycles. The lowest BCUT2D eigenvalue weighted by molar-refractivity contribution is -0.120. The van der Waals surface area contributed by atoms with Gasteiger partial charge in [0, 0.05) is 24.3 Å². The van der Waals surface area contributed by atoms with E-state index in [0.717, 1.165) is 4.90 Å². The molecule has 0 fully saturated rings. The molecule has 0 aliphatic heterocycles. The van der Waals surface area contributed by atoms with E-state index in [1.165, 1.54) is 6.20 Å². The predicted molar refractivity (Wildman–Crippen MR) is 71.7 cm³/mol. The van der Waals surface area contributed by atoms with Gasteiger partial charge in [-0.1, -0.05) is 13.0 Å². The number of alkyl halides is 3. The molecule has 1 heterocycles. The van der Waals surface area contributed by atoms with Crippen molar-refractivity contribution in [2.75, 3.05) is 31.1 Å². The maximum atomic E-state index is 12.6. The highest BCUT2D eigenvalue weighted by atomic mass is 19.4. The number of halogens is 3. The summed E-state index contributed by atoms with van der Waals surface area (Å²) in [6.45, 7) is 2.90. The summed E-state index contributed by atoms with van der Waals surface area (Å²) in [5, 5.41) is 12.1. The third-order valence-electron chi connectivity index (χ3n) is 2.83. The Morgan fingerprint density at radius 3 is 2.70 bits per heavy atom. The Labute approximate surface area is 116 Å². The molecule has 2 N–H and O–H groups in total. The molecule has 1 atom stereocenters. The van der Waals surface area contributed by atoms with E-state index in [2.05, 4.69) is 10.3 Å². The van der Waals surface area contributed by atoms with Crippen molar-refractivity contribution in [2.24, 2.45) is 0 Å². The minimum absolute atomic E-state index is 0.109. The number of anilines is 1. The largest absolute Gasteiger partial charge is 0.405 e. The lowest BCUT2D eigenvalue weighted by atomic mass is 10.1. The summed E-state index contributed by atoms with van der Waals surface area (Å²) in [4.78, 5) is 5.12. The van der Waals surface area contributed by atoms with Crippen molar-refractivity contribution >= 4 is 5.82 Å². The van der Waals surface area contributed by atoms with Crippen LogP contribution in [0.25, 0.3) is 0 Å². The summed E-state index contributed by atoms with van der Waals surface area (Å²) in [6.07, 6.45) is -2.89. The molecular formula is C13H20F3N3O. The molecule has 1 rings (SSSR count). The first kappa shape index (κ1) is 16.7. The van der Waals surface area contributed by atoms with Gasteiger partial charge in [0.1, 0.15) is 12.4 Å². The number of aliphatic hydroxyl groups excluding tert-OH is 1. The number of hydrogen-bond donors (Lipinski definition) is 2. The number of pyridine rings is 1. The first-order valence-electron chi connectivity index (χ1n) is 6.50. The van der Waals surface area contributed by atoms with Gasteiger partial charge in [-0.3, -0.25) is 0 Å². The summed E-state index contributed by atoms with van der Waals surface area (Å²) < 4.78 is 37.9. The normalized spacial score (nSPS) is 13.3. The van der Waals surface area contributed by atoms with Gasteiger partial charge < -0.3 is 15.3 Å². The monoisotopic (exact) mass is 291 g/mol. The fraction of sp³-hybridized carbons (Fsp3) is 0.615. The zero-order valence-corrected chi connectivity index (χ0v) is 11.6. The van der Waals surface area contributed by atoms with Gasteiger partial charge in [-0.25, -0.2) is 4.98 Å². The average Bonchev–Trinajstić information content (AvgIpc) is 2.37. The molecule has 0 aromatic carbocycles. The number of nitrogens with one attached hydrogen (secondary N) is 1. The number of nitrogens with zero attached hydrogens (tertiary/aromatic N) is 2. The fourth-order valence-electron chi connectivity index (χ4n) is 2.02. The summed E-state index contributed by atoms with van der Waals surface area (Å²) in [5.41, 5.74) is 0.687. The lowest BCUT2D eigenvalue weighted by Crippen LogP contribution is -2.38. The van der Waals surface area contributed by atoms with Crippen LogP contribution in [0.4, 0.5) is 19.0 Å². The van der Waals surface area contributed by atoms with Crippen LogP contribution in [-0.4, -0.2) is 42.5 Å². The minimum atomic E-state index is -4.34. The molecular weight excluding hydrogens is 271 g/mol. The topological polar surface area (TPSA) is 48.4 Å². The first-order chi connectivity index (χ1) is 9.39. The van der Waals surface area contributed by atoms with Crippen molar-refractivity contribution in [3.63, 3.8) is 0 Å². The second kappa shape index (κ2) is 7.44. The van der Waals surface area contributed by atoms with Crippen LogP contribution >= 0.6 is 0 Å². The fourth-order valence-corrected chi connectivity index (χ4v) is 2.02. The standard InChI is InChI=1S/C13H20F3N3O/c1-3-17-10(2)11-5-4-6-18-12(11)19(7-8-20)9-13(14,15)16/h4-6,10,17,20H,3,7-9H2,1-2H3. The second-order valence-corrected chi connectivity index (χ2v) is 4.46. The highest BCUT2D eigenvalue weighted by Crippen LogP contribution is 2.26. The summed E-state index contributed by atoms with van der Waals surface area (Å²) in [6, 6.07) is 3.33. The molecule has 7 heteroatoms. The van der Waals surface area contributed by atoms with Crippen molar-refractivity contribution < 1.29 is 18.3 Å². The van der Waals surface area contributed by atoms with E-state index in [1.54, 1.807) is 12.1 Å². The minimum Gasteiger partial charge on any atom is -0.395 e. The summed E-state index contributed by atoms with van der Waals surface area (Å²) in [7, 11) is 0. The van der Waals surface area contributed by atoms with E-state index < -0.39 is 12.7 Å². The summed E-state index contributed by atoms with van der Waals surface area (Å²) >= 11 is 0. The van der Waals surface area contributed by atoms with Crippen LogP contribution < -0.4 is 10.2 Å². The van der Waals surface area contributed by atoms with Gasteiger partial charge in [-0.15, -0.1) is 0 Å². The van der Waals surface area contributed by atoms with E-state index in [0.29, 0.717) is 12.1 Å². The molecule has 0 amide bonds. The van der Waals surface area contributed by atoms with Crippen LogP contribution in [0.3, 0.4) is 0 Å². The van der Waals surface area contributed by atoms with Gasteiger partial charge in [0.2, 0.25) is 0 Å². The van der Waals surface area contributed by atoms with Crippen LogP contribution in [0.5, 0.6) is 0 Å². The van der Waals surface area contributed by atoms with Crippen molar-refractivity contribution in [3.05, 3.63) is 23.9 Å². The third-order valence-corrected chi connectivity index (χ3v) is 2.83. The van der Waals surface area contributed by atoms with Crippen LogP contribution in [0.1, 0.15) is 25.5 Å². The predicted octanol–water partition coefficient (Wildman–Crippen LogP) is 2.11. The maximum absolute atomic E-state index is 12.6. The highest BCUT2D eigenvalue weighted by molar-refractivity contribution is 5.48. The van der Waals surface area contributed by atoms with E-state index in [9.17, 15) is 13.2 Å². The van der Waals surface area contributed by atoms with E-state index in [4.69, 9.17) is 5.11 Å². The van der Waals surface area contributed by atoms with Gasteiger partial charge in [0.15, 0.2) is 0 Å². The third kappa shape index (κ3) is 4.97. The molecule has 1 aromatic rings. The molecule has 4 nitrogen and oxygen atoms in total. The molecule has 0 spiro atoms. The molecule has 0 aliphatic rings. The lowest BCUT2D eigenvalue weighted by Gasteiger charge is -2.28.